The van der Waals surface area contributed by atoms with E-state index in [0.29, 0.717) is 29.7 Å². The number of piperazine rings is 1. The normalized spacial score (nSPS) is 18.3. The van der Waals surface area contributed by atoms with E-state index in [1.54, 1.807) is 18.2 Å². The lowest BCUT2D eigenvalue weighted by Crippen LogP contribution is -2.52. The summed E-state index contributed by atoms with van der Waals surface area (Å²) >= 11 is 0. The molecule has 3 rings (SSSR count). The number of aryl methyl sites for hydroxylation is 1. The second-order valence-electron chi connectivity index (χ2n) is 5.79. The van der Waals surface area contributed by atoms with Crippen molar-refractivity contribution in [2.24, 2.45) is 0 Å². The van der Waals surface area contributed by atoms with Gasteiger partial charge in [-0.25, -0.2) is 0 Å². The summed E-state index contributed by atoms with van der Waals surface area (Å²) in [4.78, 5) is 40.7. The Balaban J connectivity index is 2.06. The molecule has 2 heterocycles. The minimum atomic E-state index is -0.667. The number of aromatic nitrogens is 2. The molecule has 7 nitrogen and oxygen atoms in total. The van der Waals surface area contributed by atoms with Gasteiger partial charge in [-0.1, -0.05) is 0 Å². The van der Waals surface area contributed by atoms with Crippen LogP contribution in [0.15, 0.2) is 27.8 Å². The molecule has 2 N–H and O–H groups in total. The minimum Gasteiger partial charge on any atom is -0.333 e. The van der Waals surface area contributed by atoms with Gasteiger partial charge in [-0.15, -0.1) is 0 Å². The van der Waals surface area contributed by atoms with E-state index >= 15 is 0 Å². The van der Waals surface area contributed by atoms with Crippen molar-refractivity contribution in [2.75, 3.05) is 19.6 Å². The molecule has 0 spiro atoms. The third-order valence-corrected chi connectivity index (χ3v) is 4.30. The molecule has 0 unspecified atom stereocenters. The first-order valence-electron chi connectivity index (χ1n) is 7.81. The third kappa shape index (κ3) is 2.68. The van der Waals surface area contributed by atoms with Crippen LogP contribution in [0.5, 0.6) is 0 Å². The number of carbonyl (C=O) groups excluding carboxylic acids is 1. The summed E-state index contributed by atoms with van der Waals surface area (Å²) in [6.07, 6.45) is 0. The SMILES string of the molecule is CCn1c(=O)c(=O)[nH]c2cc(C(=O)N3CCNC[C@@H]3C)ccc21. The Morgan fingerprint density at radius 3 is 2.83 bits per heavy atom. The molecule has 1 saturated heterocycles. The quantitative estimate of drug-likeness (QED) is 0.772. The van der Waals surface area contributed by atoms with E-state index in [2.05, 4.69) is 10.3 Å². The highest BCUT2D eigenvalue weighted by Gasteiger charge is 2.24. The summed E-state index contributed by atoms with van der Waals surface area (Å²) in [6.45, 7) is 6.41. The van der Waals surface area contributed by atoms with E-state index in [0.717, 1.165) is 13.1 Å². The molecular formula is C16H20N4O3. The zero-order chi connectivity index (χ0) is 16.6. The summed E-state index contributed by atoms with van der Waals surface area (Å²) < 4.78 is 1.41. The number of H-pyrrole nitrogens is 1. The van der Waals surface area contributed by atoms with E-state index in [1.165, 1.54) is 4.57 Å². The molecule has 23 heavy (non-hydrogen) atoms. The van der Waals surface area contributed by atoms with Crippen LogP contribution in [0, 0.1) is 0 Å². The fraction of sp³-hybridized carbons (Fsp3) is 0.438. The van der Waals surface area contributed by atoms with Crippen molar-refractivity contribution in [3.63, 3.8) is 0 Å². The van der Waals surface area contributed by atoms with Crippen molar-refractivity contribution in [3.8, 4) is 0 Å². The lowest BCUT2D eigenvalue weighted by Gasteiger charge is -2.34. The lowest BCUT2D eigenvalue weighted by atomic mass is 10.1. The molecule has 0 radical (unpaired) electrons. The van der Waals surface area contributed by atoms with Gasteiger partial charge in [0.05, 0.1) is 11.0 Å². The van der Waals surface area contributed by atoms with Crippen LogP contribution in [-0.2, 0) is 6.54 Å². The van der Waals surface area contributed by atoms with E-state index < -0.39 is 11.1 Å². The number of rotatable bonds is 2. The summed E-state index contributed by atoms with van der Waals surface area (Å²) in [5, 5.41) is 3.25. The van der Waals surface area contributed by atoms with Crippen LogP contribution in [-0.4, -0.2) is 46.0 Å². The van der Waals surface area contributed by atoms with Crippen LogP contribution in [0.4, 0.5) is 0 Å². The van der Waals surface area contributed by atoms with Gasteiger partial charge in [0, 0.05) is 37.8 Å². The molecule has 0 saturated carbocycles. The van der Waals surface area contributed by atoms with Gasteiger partial charge >= 0.3 is 11.1 Å². The van der Waals surface area contributed by atoms with Gasteiger partial charge in [-0.3, -0.25) is 14.4 Å². The van der Waals surface area contributed by atoms with Crippen LogP contribution < -0.4 is 16.4 Å². The Kier molecular flexibility index (Phi) is 4.04. The van der Waals surface area contributed by atoms with Gasteiger partial charge in [-0.2, -0.15) is 0 Å². The van der Waals surface area contributed by atoms with Crippen molar-refractivity contribution in [2.45, 2.75) is 26.4 Å². The lowest BCUT2D eigenvalue weighted by molar-refractivity contribution is 0.0656. The Morgan fingerprint density at radius 2 is 2.13 bits per heavy atom. The Labute approximate surface area is 132 Å². The highest BCUT2D eigenvalue weighted by molar-refractivity contribution is 5.97. The molecule has 122 valence electrons. The number of nitrogens with zero attached hydrogens (tertiary/aromatic N) is 2. The van der Waals surface area contributed by atoms with Crippen LogP contribution >= 0.6 is 0 Å². The third-order valence-electron chi connectivity index (χ3n) is 4.30. The standard InChI is InChI=1S/C16H20N4O3/c1-3-19-13-5-4-11(8-12(13)18-14(21)16(19)23)15(22)20-7-6-17-9-10(20)2/h4-5,8,10,17H,3,6-7,9H2,1-2H3,(H,18,21)/t10-/m0/s1. The summed E-state index contributed by atoms with van der Waals surface area (Å²) in [5.74, 6) is -0.0593. The topological polar surface area (TPSA) is 87.2 Å². The number of aromatic amines is 1. The smallest absolute Gasteiger partial charge is 0.316 e. The van der Waals surface area contributed by atoms with Crippen molar-refractivity contribution in [1.29, 1.82) is 0 Å². The first kappa shape index (κ1) is 15.5. The first-order valence-corrected chi connectivity index (χ1v) is 7.81. The van der Waals surface area contributed by atoms with Crippen molar-refractivity contribution >= 4 is 16.9 Å². The maximum absolute atomic E-state index is 12.7. The number of hydrogen-bond acceptors (Lipinski definition) is 4. The summed E-state index contributed by atoms with van der Waals surface area (Å²) in [7, 11) is 0. The number of benzene rings is 1. The number of nitrogens with one attached hydrogen (secondary N) is 2. The van der Waals surface area contributed by atoms with E-state index in [4.69, 9.17) is 0 Å². The molecule has 0 bridgehead atoms. The highest BCUT2D eigenvalue weighted by atomic mass is 16.2. The van der Waals surface area contributed by atoms with Crippen LogP contribution in [0.3, 0.4) is 0 Å². The van der Waals surface area contributed by atoms with Crippen molar-refractivity contribution < 1.29 is 4.79 Å². The van der Waals surface area contributed by atoms with E-state index in [-0.39, 0.29) is 11.9 Å². The average Bonchev–Trinajstić information content (AvgIpc) is 2.55. The largest absolute Gasteiger partial charge is 0.333 e. The number of fused-ring (bicyclic) bond motifs is 1. The molecule has 1 fully saturated rings. The Morgan fingerprint density at radius 1 is 1.35 bits per heavy atom. The van der Waals surface area contributed by atoms with Crippen LogP contribution in [0.1, 0.15) is 24.2 Å². The molecule has 1 atom stereocenters. The minimum absolute atomic E-state index is 0.0593. The fourth-order valence-electron chi connectivity index (χ4n) is 3.03. The molecule has 1 aliphatic heterocycles. The first-order chi connectivity index (χ1) is 11.0. The monoisotopic (exact) mass is 316 g/mol. The number of hydrogen-bond donors (Lipinski definition) is 2. The fourth-order valence-corrected chi connectivity index (χ4v) is 3.03. The molecule has 2 aromatic rings. The highest BCUT2D eigenvalue weighted by Crippen LogP contribution is 2.15. The van der Waals surface area contributed by atoms with Crippen LogP contribution in [0.2, 0.25) is 0 Å². The number of amides is 1. The average molecular weight is 316 g/mol. The van der Waals surface area contributed by atoms with Crippen molar-refractivity contribution in [1.82, 2.24) is 19.8 Å². The second-order valence-corrected chi connectivity index (χ2v) is 5.79. The molecule has 1 amide bonds. The van der Waals surface area contributed by atoms with Gasteiger partial charge in [-0.05, 0) is 32.0 Å². The summed E-state index contributed by atoms with van der Waals surface area (Å²) in [6, 6.07) is 5.20. The van der Waals surface area contributed by atoms with E-state index in [9.17, 15) is 14.4 Å². The van der Waals surface area contributed by atoms with Gasteiger partial charge in [0.25, 0.3) is 5.91 Å². The zero-order valence-electron chi connectivity index (χ0n) is 13.3. The maximum Gasteiger partial charge on any atom is 0.316 e. The van der Waals surface area contributed by atoms with E-state index in [1.807, 2.05) is 18.7 Å². The van der Waals surface area contributed by atoms with Gasteiger partial charge in [0.15, 0.2) is 0 Å². The molecule has 1 aromatic carbocycles. The molecule has 1 aliphatic rings. The van der Waals surface area contributed by atoms with Crippen LogP contribution in [0.25, 0.3) is 11.0 Å². The van der Waals surface area contributed by atoms with Gasteiger partial charge in [0.2, 0.25) is 0 Å². The molecule has 0 aliphatic carbocycles. The second kappa shape index (κ2) is 6.00. The Bertz CT molecular complexity index is 868. The van der Waals surface area contributed by atoms with Gasteiger partial charge in [0.1, 0.15) is 0 Å². The predicted octanol–water partition coefficient (Wildman–Crippen LogP) is 0.144. The van der Waals surface area contributed by atoms with Crippen molar-refractivity contribution in [3.05, 3.63) is 44.5 Å². The maximum atomic E-state index is 12.7. The predicted molar refractivity (Wildman–Crippen MR) is 87.9 cm³/mol. The molecule has 1 aromatic heterocycles. The molecular weight excluding hydrogens is 296 g/mol. The Hall–Kier alpha value is -2.41. The molecule has 7 heteroatoms. The van der Waals surface area contributed by atoms with Gasteiger partial charge < -0.3 is 19.8 Å². The summed E-state index contributed by atoms with van der Waals surface area (Å²) in [5.41, 5.74) is 0.407. The zero-order valence-corrected chi connectivity index (χ0v) is 13.3. The number of carbonyl (C=O) groups is 1.